The molecule has 2 N–H and O–H groups in total. The number of aryl methyl sites for hydroxylation is 1. The van der Waals surface area contributed by atoms with Gasteiger partial charge in [0.05, 0.1) is 12.2 Å². The second kappa shape index (κ2) is 5.97. The van der Waals surface area contributed by atoms with E-state index in [0.29, 0.717) is 6.54 Å². The highest BCUT2D eigenvalue weighted by Crippen LogP contribution is 2.04. The lowest BCUT2D eigenvalue weighted by molar-refractivity contribution is -0.115. The van der Waals surface area contributed by atoms with E-state index in [2.05, 4.69) is 15.8 Å². The zero-order chi connectivity index (χ0) is 12.8. The predicted molar refractivity (Wildman–Crippen MR) is 68.0 cm³/mol. The van der Waals surface area contributed by atoms with E-state index in [-0.39, 0.29) is 12.5 Å². The Hall–Kier alpha value is -2.14. The molecule has 5 heteroatoms. The highest BCUT2D eigenvalue weighted by Gasteiger charge is 2.03. The minimum atomic E-state index is -0.0820. The van der Waals surface area contributed by atoms with Gasteiger partial charge < -0.3 is 15.2 Å². The first-order valence-corrected chi connectivity index (χ1v) is 5.72. The van der Waals surface area contributed by atoms with Crippen molar-refractivity contribution in [2.45, 2.75) is 13.5 Å². The van der Waals surface area contributed by atoms with Gasteiger partial charge in [0.15, 0.2) is 0 Å². The Morgan fingerprint density at radius 2 is 2.11 bits per heavy atom. The molecule has 1 amide bonds. The Bertz CT molecular complexity index is 508. The molecule has 18 heavy (non-hydrogen) atoms. The third-order valence-corrected chi connectivity index (χ3v) is 2.33. The van der Waals surface area contributed by atoms with Gasteiger partial charge >= 0.3 is 0 Å². The minimum absolute atomic E-state index is 0.0820. The summed E-state index contributed by atoms with van der Waals surface area (Å²) in [5.74, 6) is 0.682. The molecule has 0 unspecified atom stereocenters. The lowest BCUT2D eigenvalue weighted by Crippen LogP contribution is -2.27. The quantitative estimate of drug-likeness (QED) is 0.841. The lowest BCUT2D eigenvalue weighted by Gasteiger charge is -2.05. The maximum absolute atomic E-state index is 11.6. The molecule has 1 aromatic carbocycles. The summed E-state index contributed by atoms with van der Waals surface area (Å²) < 4.78 is 4.93. The Morgan fingerprint density at radius 1 is 1.33 bits per heavy atom. The molecule has 5 nitrogen and oxygen atoms in total. The molecule has 0 aliphatic rings. The second-order valence-corrected chi connectivity index (χ2v) is 3.95. The number of benzene rings is 1. The van der Waals surface area contributed by atoms with Gasteiger partial charge in [-0.1, -0.05) is 23.4 Å². The van der Waals surface area contributed by atoms with Crippen LogP contribution in [0.3, 0.4) is 0 Å². The molecule has 0 aliphatic heterocycles. The second-order valence-electron chi connectivity index (χ2n) is 3.95. The molecule has 2 rings (SSSR count). The van der Waals surface area contributed by atoms with Gasteiger partial charge in [-0.3, -0.25) is 4.79 Å². The largest absolute Gasteiger partial charge is 0.361 e. The van der Waals surface area contributed by atoms with E-state index in [4.69, 9.17) is 4.52 Å². The van der Waals surface area contributed by atoms with Crippen LogP contribution in [0.4, 0.5) is 5.69 Å². The van der Waals surface area contributed by atoms with Gasteiger partial charge in [0.2, 0.25) is 5.91 Å². The number of hydrogen-bond donors (Lipinski definition) is 2. The first-order chi connectivity index (χ1) is 8.74. The number of nitrogens with zero attached hydrogens (tertiary/aromatic N) is 1. The highest BCUT2D eigenvalue weighted by atomic mass is 16.5. The van der Waals surface area contributed by atoms with Gasteiger partial charge in [-0.05, 0) is 19.1 Å². The smallest absolute Gasteiger partial charge is 0.238 e. The summed E-state index contributed by atoms with van der Waals surface area (Å²) in [6, 6.07) is 11.2. The van der Waals surface area contributed by atoms with Crippen LogP contribution in [0, 0.1) is 6.92 Å². The lowest BCUT2D eigenvalue weighted by atomic mass is 10.3. The van der Waals surface area contributed by atoms with Crippen molar-refractivity contribution in [1.29, 1.82) is 0 Å². The van der Waals surface area contributed by atoms with Crippen molar-refractivity contribution in [2.24, 2.45) is 0 Å². The van der Waals surface area contributed by atoms with Crippen LogP contribution in [0.2, 0.25) is 0 Å². The van der Waals surface area contributed by atoms with Gasteiger partial charge in [-0.25, -0.2) is 0 Å². The van der Waals surface area contributed by atoms with E-state index in [1.54, 1.807) is 0 Å². The van der Waals surface area contributed by atoms with Crippen LogP contribution < -0.4 is 10.6 Å². The summed E-state index contributed by atoms with van der Waals surface area (Å²) in [5, 5.41) is 9.62. The number of rotatable bonds is 5. The van der Waals surface area contributed by atoms with E-state index >= 15 is 0 Å². The standard InChI is InChI=1S/C13H15N3O2/c1-10-7-12(16-18-10)8-14-9-13(17)15-11-5-3-2-4-6-11/h2-7,14H,8-9H2,1H3,(H,15,17). The summed E-state index contributed by atoms with van der Waals surface area (Å²) >= 11 is 0. The van der Waals surface area contributed by atoms with Crippen molar-refractivity contribution < 1.29 is 9.32 Å². The van der Waals surface area contributed by atoms with Crippen molar-refractivity contribution in [3.05, 3.63) is 47.9 Å². The molecule has 1 heterocycles. The SMILES string of the molecule is Cc1cc(CNCC(=O)Nc2ccccc2)no1. The summed E-state index contributed by atoms with van der Waals surface area (Å²) in [4.78, 5) is 11.6. The number of para-hydroxylation sites is 1. The van der Waals surface area contributed by atoms with Gasteiger partial charge in [0.25, 0.3) is 0 Å². The van der Waals surface area contributed by atoms with Gasteiger partial charge in [-0.2, -0.15) is 0 Å². The zero-order valence-corrected chi connectivity index (χ0v) is 10.1. The fourth-order valence-corrected chi connectivity index (χ4v) is 1.53. The first kappa shape index (κ1) is 12.3. The number of nitrogens with one attached hydrogen (secondary N) is 2. The van der Waals surface area contributed by atoms with Crippen LogP contribution in [0.25, 0.3) is 0 Å². The third-order valence-electron chi connectivity index (χ3n) is 2.33. The van der Waals surface area contributed by atoms with E-state index < -0.39 is 0 Å². The maximum Gasteiger partial charge on any atom is 0.238 e. The molecule has 0 saturated heterocycles. The molecular formula is C13H15N3O2. The van der Waals surface area contributed by atoms with E-state index in [9.17, 15) is 4.79 Å². The fraction of sp³-hybridized carbons (Fsp3) is 0.231. The molecule has 0 spiro atoms. The van der Waals surface area contributed by atoms with Crippen molar-refractivity contribution in [1.82, 2.24) is 10.5 Å². The molecule has 0 atom stereocenters. The van der Waals surface area contributed by atoms with Crippen LogP contribution in [0.15, 0.2) is 40.9 Å². The van der Waals surface area contributed by atoms with E-state index in [1.807, 2.05) is 43.3 Å². The Morgan fingerprint density at radius 3 is 2.78 bits per heavy atom. The number of aromatic nitrogens is 1. The number of carbonyl (C=O) groups excluding carboxylic acids is 1. The number of hydrogen-bond acceptors (Lipinski definition) is 4. The normalized spacial score (nSPS) is 10.3. The van der Waals surface area contributed by atoms with Crippen LogP contribution in [0.5, 0.6) is 0 Å². The predicted octanol–water partition coefficient (Wildman–Crippen LogP) is 1.71. The van der Waals surface area contributed by atoms with Crippen molar-refractivity contribution >= 4 is 11.6 Å². The molecule has 0 radical (unpaired) electrons. The van der Waals surface area contributed by atoms with Gasteiger partial charge in [0.1, 0.15) is 5.76 Å². The van der Waals surface area contributed by atoms with Crippen molar-refractivity contribution in [3.8, 4) is 0 Å². The number of anilines is 1. The molecule has 0 aliphatic carbocycles. The molecule has 0 fully saturated rings. The summed E-state index contributed by atoms with van der Waals surface area (Å²) in [5.41, 5.74) is 1.58. The maximum atomic E-state index is 11.6. The van der Waals surface area contributed by atoms with Gasteiger partial charge in [0, 0.05) is 18.3 Å². The molecular weight excluding hydrogens is 230 g/mol. The number of amides is 1. The fourth-order valence-electron chi connectivity index (χ4n) is 1.53. The van der Waals surface area contributed by atoms with Crippen LogP contribution >= 0.6 is 0 Å². The molecule has 0 bridgehead atoms. The monoisotopic (exact) mass is 245 g/mol. The Balaban J connectivity index is 1.72. The van der Waals surface area contributed by atoms with E-state index in [1.165, 1.54) is 0 Å². The Labute approximate surface area is 105 Å². The van der Waals surface area contributed by atoms with Crippen LogP contribution in [-0.4, -0.2) is 17.6 Å². The Kier molecular flexibility index (Phi) is 4.09. The van der Waals surface area contributed by atoms with Crippen molar-refractivity contribution in [3.63, 3.8) is 0 Å². The van der Waals surface area contributed by atoms with E-state index in [0.717, 1.165) is 17.1 Å². The van der Waals surface area contributed by atoms with Gasteiger partial charge in [-0.15, -0.1) is 0 Å². The molecule has 1 aromatic heterocycles. The highest BCUT2D eigenvalue weighted by molar-refractivity contribution is 5.92. The third kappa shape index (κ3) is 3.71. The summed E-state index contributed by atoms with van der Waals surface area (Å²) in [6.45, 7) is 2.58. The average molecular weight is 245 g/mol. The topological polar surface area (TPSA) is 67.2 Å². The van der Waals surface area contributed by atoms with Crippen molar-refractivity contribution in [2.75, 3.05) is 11.9 Å². The molecule has 0 saturated carbocycles. The average Bonchev–Trinajstić information content (AvgIpc) is 2.76. The van der Waals surface area contributed by atoms with Crippen LogP contribution in [0.1, 0.15) is 11.5 Å². The summed E-state index contributed by atoms with van der Waals surface area (Å²) in [7, 11) is 0. The summed E-state index contributed by atoms with van der Waals surface area (Å²) in [6.07, 6.45) is 0. The minimum Gasteiger partial charge on any atom is -0.361 e. The number of carbonyl (C=O) groups is 1. The first-order valence-electron chi connectivity index (χ1n) is 5.72. The zero-order valence-electron chi connectivity index (χ0n) is 10.1. The van der Waals surface area contributed by atoms with Crippen LogP contribution in [-0.2, 0) is 11.3 Å². The molecule has 94 valence electrons. The molecule has 2 aromatic rings.